The van der Waals surface area contributed by atoms with Crippen LogP contribution in [-0.4, -0.2) is 17.0 Å². The molecular weight excluding hydrogens is 158 g/mol. The maximum Gasteiger partial charge on any atom is 0.195 e. The summed E-state index contributed by atoms with van der Waals surface area (Å²) in [7, 11) is 0. The largest absolute Gasteiger partial charge is 0.446 e. The van der Waals surface area contributed by atoms with E-state index in [9.17, 15) is 0 Å². The van der Waals surface area contributed by atoms with Gasteiger partial charge in [-0.25, -0.2) is 4.98 Å². The number of aromatic nitrogens is 1. The Kier molecular flexibility index (Phi) is 3.00. The maximum absolute atomic E-state index is 5.39. The monoisotopic (exact) mass is 171 g/mol. The molecule has 3 heteroatoms. The van der Waals surface area contributed by atoms with Gasteiger partial charge in [-0.05, 0) is 20.1 Å². The van der Waals surface area contributed by atoms with Crippen LogP contribution in [0.3, 0.4) is 0 Å². The molecule has 0 radical (unpaired) electrons. The number of hydrogen-bond donors (Lipinski definition) is 0. The standard InChI is InChI=1S/C8H13NOS/c1-6-7(2)10-8(9-6)4-5-11-3/h4-5H2,1-3H3. The zero-order valence-corrected chi connectivity index (χ0v) is 7.99. The summed E-state index contributed by atoms with van der Waals surface area (Å²) in [6.45, 7) is 3.92. The van der Waals surface area contributed by atoms with Gasteiger partial charge in [0.1, 0.15) is 5.76 Å². The molecule has 0 bridgehead atoms. The first-order valence-electron chi connectivity index (χ1n) is 3.66. The Morgan fingerprint density at radius 1 is 1.45 bits per heavy atom. The third-order valence-electron chi connectivity index (χ3n) is 1.59. The molecule has 0 saturated carbocycles. The molecule has 0 N–H and O–H groups in total. The smallest absolute Gasteiger partial charge is 0.195 e. The average Bonchev–Trinajstić information content (AvgIpc) is 2.28. The second-order valence-corrected chi connectivity index (χ2v) is 3.48. The van der Waals surface area contributed by atoms with Crippen LogP contribution in [0.5, 0.6) is 0 Å². The third-order valence-corrected chi connectivity index (χ3v) is 2.21. The topological polar surface area (TPSA) is 26.0 Å². The van der Waals surface area contributed by atoms with Crippen molar-refractivity contribution in [3.05, 3.63) is 17.3 Å². The van der Waals surface area contributed by atoms with Crippen molar-refractivity contribution in [3.8, 4) is 0 Å². The first-order valence-corrected chi connectivity index (χ1v) is 5.05. The quantitative estimate of drug-likeness (QED) is 0.697. The van der Waals surface area contributed by atoms with Crippen molar-refractivity contribution in [2.24, 2.45) is 0 Å². The zero-order chi connectivity index (χ0) is 8.27. The van der Waals surface area contributed by atoms with Gasteiger partial charge in [-0.15, -0.1) is 0 Å². The van der Waals surface area contributed by atoms with E-state index >= 15 is 0 Å². The lowest BCUT2D eigenvalue weighted by Gasteiger charge is -1.89. The highest BCUT2D eigenvalue weighted by atomic mass is 32.2. The predicted molar refractivity (Wildman–Crippen MR) is 48.1 cm³/mol. The fourth-order valence-electron chi connectivity index (χ4n) is 0.835. The fourth-order valence-corrected chi connectivity index (χ4v) is 1.21. The summed E-state index contributed by atoms with van der Waals surface area (Å²) in [6, 6.07) is 0. The van der Waals surface area contributed by atoms with Gasteiger partial charge in [-0.2, -0.15) is 11.8 Å². The highest BCUT2D eigenvalue weighted by molar-refractivity contribution is 7.98. The maximum atomic E-state index is 5.39. The molecular formula is C8H13NOS. The van der Waals surface area contributed by atoms with E-state index in [0.29, 0.717) is 0 Å². The van der Waals surface area contributed by atoms with Gasteiger partial charge >= 0.3 is 0 Å². The number of oxazole rings is 1. The molecule has 2 nitrogen and oxygen atoms in total. The lowest BCUT2D eigenvalue weighted by molar-refractivity contribution is 0.477. The van der Waals surface area contributed by atoms with Crippen molar-refractivity contribution in [1.29, 1.82) is 0 Å². The van der Waals surface area contributed by atoms with E-state index in [0.717, 1.165) is 29.5 Å². The highest BCUT2D eigenvalue weighted by Gasteiger charge is 2.03. The fraction of sp³-hybridized carbons (Fsp3) is 0.625. The Morgan fingerprint density at radius 3 is 2.64 bits per heavy atom. The lowest BCUT2D eigenvalue weighted by Crippen LogP contribution is -1.87. The van der Waals surface area contributed by atoms with E-state index in [2.05, 4.69) is 11.2 Å². The first kappa shape index (κ1) is 8.65. The summed E-state index contributed by atoms with van der Waals surface area (Å²) in [4.78, 5) is 4.27. The number of nitrogens with zero attached hydrogens (tertiary/aromatic N) is 1. The number of aryl methyl sites for hydroxylation is 3. The number of hydrogen-bond acceptors (Lipinski definition) is 3. The summed E-state index contributed by atoms with van der Waals surface area (Å²) in [5, 5.41) is 0. The third kappa shape index (κ3) is 2.26. The van der Waals surface area contributed by atoms with Gasteiger partial charge in [0.25, 0.3) is 0 Å². The van der Waals surface area contributed by atoms with E-state index in [-0.39, 0.29) is 0 Å². The van der Waals surface area contributed by atoms with Crippen LogP contribution in [0.4, 0.5) is 0 Å². The van der Waals surface area contributed by atoms with Gasteiger partial charge in [0, 0.05) is 12.2 Å². The van der Waals surface area contributed by atoms with E-state index in [1.54, 1.807) is 0 Å². The molecule has 0 spiro atoms. The Balaban J connectivity index is 2.58. The molecule has 0 aromatic carbocycles. The molecule has 62 valence electrons. The Labute approximate surface area is 71.4 Å². The minimum absolute atomic E-state index is 0.870. The van der Waals surface area contributed by atoms with Crippen molar-refractivity contribution in [1.82, 2.24) is 4.98 Å². The van der Waals surface area contributed by atoms with Gasteiger partial charge in [-0.3, -0.25) is 0 Å². The van der Waals surface area contributed by atoms with Gasteiger partial charge in [-0.1, -0.05) is 0 Å². The molecule has 0 aliphatic carbocycles. The molecule has 0 atom stereocenters. The lowest BCUT2D eigenvalue weighted by atomic mass is 10.4. The minimum Gasteiger partial charge on any atom is -0.446 e. The van der Waals surface area contributed by atoms with Crippen LogP contribution in [0, 0.1) is 13.8 Å². The van der Waals surface area contributed by atoms with Crippen molar-refractivity contribution >= 4 is 11.8 Å². The minimum atomic E-state index is 0.870. The van der Waals surface area contributed by atoms with Gasteiger partial charge in [0.2, 0.25) is 0 Å². The highest BCUT2D eigenvalue weighted by Crippen LogP contribution is 2.09. The van der Waals surface area contributed by atoms with E-state index < -0.39 is 0 Å². The SMILES string of the molecule is CSCCc1nc(C)c(C)o1. The van der Waals surface area contributed by atoms with E-state index in [1.807, 2.05) is 25.6 Å². The first-order chi connectivity index (χ1) is 5.24. The summed E-state index contributed by atoms with van der Waals surface area (Å²) in [5.74, 6) is 2.90. The van der Waals surface area contributed by atoms with Crippen LogP contribution in [-0.2, 0) is 6.42 Å². The number of rotatable bonds is 3. The van der Waals surface area contributed by atoms with Gasteiger partial charge < -0.3 is 4.42 Å². The second-order valence-electron chi connectivity index (χ2n) is 2.49. The van der Waals surface area contributed by atoms with Crippen molar-refractivity contribution in [2.45, 2.75) is 20.3 Å². The molecule has 0 amide bonds. The molecule has 0 aliphatic rings. The second kappa shape index (κ2) is 3.81. The Hall–Kier alpha value is -0.440. The van der Waals surface area contributed by atoms with Crippen LogP contribution < -0.4 is 0 Å². The number of thioether (sulfide) groups is 1. The van der Waals surface area contributed by atoms with Crippen LogP contribution in [0.25, 0.3) is 0 Å². The van der Waals surface area contributed by atoms with E-state index in [4.69, 9.17) is 4.42 Å². The molecule has 1 aromatic heterocycles. The Bertz CT molecular complexity index is 212. The van der Waals surface area contributed by atoms with Gasteiger partial charge in [0.15, 0.2) is 5.89 Å². The summed E-state index contributed by atoms with van der Waals surface area (Å²) in [6.07, 6.45) is 3.03. The van der Waals surface area contributed by atoms with Crippen LogP contribution in [0.1, 0.15) is 17.3 Å². The van der Waals surface area contributed by atoms with Crippen LogP contribution in [0.2, 0.25) is 0 Å². The predicted octanol–water partition coefficient (Wildman–Crippen LogP) is 2.20. The summed E-state index contributed by atoms with van der Waals surface area (Å²) in [5.41, 5.74) is 1.01. The van der Waals surface area contributed by atoms with Crippen LogP contribution in [0.15, 0.2) is 4.42 Å². The molecule has 1 aromatic rings. The normalized spacial score (nSPS) is 10.5. The molecule has 1 heterocycles. The summed E-state index contributed by atoms with van der Waals surface area (Å²) >= 11 is 1.81. The van der Waals surface area contributed by atoms with Gasteiger partial charge in [0.05, 0.1) is 5.69 Å². The zero-order valence-electron chi connectivity index (χ0n) is 7.18. The van der Waals surface area contributed by atoms with Crippen molar-refractivity contribution in [2.75, 3.05) is 12.0 Å². The molecule has 1 rings (SSSR count). The molecule has 0 saturated heterocycles. The molecule has 0 unspecified atom stereocenters. The van der Waals surface area contributed by atoms with E-state index in [1.165, 1.54) is 0 Å². The average molecular weight is 171 g/mol. The molecule has 0 fully saturated rings. The van der Waals surface area contributed by atoms with Crippen LogP contribution >= 0.6 is 11.8 Å². The summed E-state index contributed by atoms with van der Waals surface area (Å²) < 4.78 is 5.39. The molecule has 11 heavy (non-hydrogen) atoms. The van der Waals surface area contributed by atoms with Crippen molar-refractivity contribution < 1.29 is 4.42 Å². The van der Waals surface area contributed by atoms with Crippen molar-refractivity contribution in [3.63, 3.8) is 0 Å². The molecule has 0 aliphatic heterocycles. The Morgan fingerprint density at radius 2 is 2.18 bits per heavy atom.